The Kier molecular flexibility index (Phi) is 5.01. The molecule has 11 heavy (non-hydrogen) atoms. The lowest BCUT2D eigenvalue weighted by Gasteiger charge is -1.68. The van der Waals surface area contributed by atoms with Gasteiger partial charge in [0.2, 0.25) is 0 Å². The normalized spacial score (nSPS) is 9.64. The molecule has 1 heterocycles. The van der Waals surface area contributed by atoms with Gasteiger partial charge in [-0.1, -0.05) is 0 Å². The maximum atomic E-state index is 9.16. The number of hydrogen-bond donors (Lipinski definition) is 0. The number of nitrogens with zero attached hydrogens (tertiary/aromatic N) is 3. The van der Waals surface area contributed by atoms with Gasteiger partial charge in [-0.15, -0.1) is 10.2 Å². The summed E-state index contributed by atoms with van der Waals surface area (Å²) >= 11 is 0. The average Bonchev–Trinajstić information content (AvgIpc) is 1.88. The van der Waals surface area contributed by atoms with Crippen molar-refractivity contribution in [1.82, 2.24) is 15.4 Å². The van der Waals surface area contributed by atoms with Gasteiger partial charge in [-0.05, 0) is 11.3 Å². The Morgan fingerprint density at radius 2 is 1.45 bits per heavy atom. The molecular formula is C3H3Cl2N3O2S. The standard InChI is InChI=1S/C3H3N3.Cl2O2S/c1-2-4-6-5-3-1;1-5(2,3)4/h1-3H;. The van der Waals surface area contributed by atoms with Gasteiger partial charge in [0.15, 0.2) is 0 Å². The van der Waals surface area contributed by atoms with Crippen LogP contribution in [0.5, 0.6) is 0 Å². The van der Waals surface area contributed by atoms with E-state index in [0.29, 0.717) is 0 Å². The largest absolute Gasteiger partial charge is 0.317 e. The highest BCUT2D eigenvalue weighted by Gasteiger charge is 1.88. The molecule has 5 nitrogen and oxygen atoms in total. The molecule has 0 aliphatic heterocycles. The molecule has 0 aliphatic rings. The molecule has 1 aromatic rings. The summed E-state index contributed by atoms with van der Waals surface area (Å²) in [6.07, 6.45) is 3.15. The van der Waals surface area contributed by atoms with Crippen LogP contribution < -0.4 is 0 Å². The van der Waals surface area contributed by atoms with Gasteiger partial charge < -0.3 is 0 Å². The zero-order chi connectivity index (χ0) is 8.74. The van der Waals surface area contributed by atoms with Gasteiger partial charge in [-0.2, -0.15) is 8.42 Å². The molecule has 1 aromatic heterocycles. The SMILES string of the molecule is O=S(=O)(Cl)Cl.c1cnnnc1. The molecular weight excluding hydrogens is 213 g/mol. The molecule has 0 aromatic carbocycles. The van der Waals surface area contributed by atoms with E-state index in [-0.39, 0.29) is 0 Å². The minimum Gasteiger partial charge on any atom is -0.195 e. The Morgan fingerprint density at radius 1 is 1.09 bits per heavy atom. The summed E-state index contributed by atoms with van der Waals surface area (Å²) in [6, 6.07) is 1.72. The van der Waals surface area contributed by atoms with E-state index >= 15 is 0 Å². The number of hydrogen-bond acceptors (Lipinski definition) is 5. The first-order valence-corrected chi connectivity index (χ1v) is 5.36. The molecule has 0 atom stereocenters. The molecule has 1 rings (SSSR count). The van der Waals surface area contributed by atoms with Crippen LogP contribution in [-0.2, 0) is 8.26 Å². The maximum absolute atomic E-state index is 9.16. The Morgan fingerprint density at radius 3 is 1.55 bits per heavy atom. The summed E-state index contributed by atoms with van der Waals surface area (Å²) in [4.78, 5) is 0. The molecule has 0 amide bonds. The van der Waals surface area contributed by atoms with E-state index in [9.17, 15) is 0 Å². The van der Waals surface area contributed by atoms with Crippen molar-refractivity contribution in [1.29, 1.82) is 0 Å². The van der Waals surface area contributed by atoms with Gasteiger partial charge >= 0.3 is 8.26 Å². The monoisotopic (exact) mass is 215 g/mol. The highest BCUT2D eigenvalue weighted by Crippen LogP contribution is 1.98. The van der Waals surface area contributed by atoms with E-state index in [0.717, 1.165) is 0 Å². The zero-order valence-electron chi connectivity index (χ0n) is 5.05. The highest BCUT2D eigenvalue weighted by atomic mass is 36.0. The predicted molar refractivity (Wildman–Crippen MR) is 40.5 cm³/mol. The second-order valence-corrected chi connectivity index (χ2v) is 4.86. The first-order chi connectivity index (χ1) is 5.00. The van der Waals surface area contributed by atoms with Crippen molar-refractivity contribution < 1.29 is 8.42 Å². The molecule has 0 fully saturated rings. The second kappa shape index (κ2) is 5.22. The van der Waals surface area contributed by atoms with E-state index in [1.54, 1.807) is 18.5 Å². The summed E-state index contributed by atoms with van der Waals surface area (Å²) in [5.41, 5.74) is 0. The number of aromatic nitrogens is 3. The van der Waals surface area contributed by atoms with E-state index in [1.807, 2.05) is 0 Å². The molecule has 0 radical (unpaired) electrons. The van der Waals surface area contributed by atoms with Gasteiger partial charge in [0.25, 0.3) is 0 Å². The van der Waals surface area contributed by atoms with E-state index < -0.39 is 8.26 Å². The first kappa shape index (κ1) is 10.5. The van der Waals surface area contributed by atoms with Crippen LogP contribution in [0.2, 0.25) is 0 Å². The van der Waals surface area contributed by atoms with Crippen molar-refractivity contribution in [2.75, 3.05) is 0 Å². The fraction of sp³-hybridized carbons (Fsp3) is 0. The fourth-order valence-corrected chi connectivity index (χ4v) is 0.205. The minimum atomic E-state index is -3.72. The lowest BCUT2D eigenvalue weighted by atomic mass is 10.7. The van der Waals surface area contributed by atoms with E-state index in [1.165, 1.54) is 0 Å². The third-order valence-electron chi connectivity index (χ3n) is 0.409. The molecule has 8 heteroatoms. The fourth-order valence-electron chi connectivity index (χ4n) is 0.205. The summed E-state index contributed by atoms with van der Waals surface area (Å²) in [7, 11) is 4.81. The molecule has 0 spiro atoms. The van der Waals surface area contributed by atoms with Crippen molar-refractivity contribution in [2.24, 2.45) is 0 Å². The van der Waals surface area contributed by atoms with Crippen LogP contribution in [0.25, 0.3) is 0 Å². The Labute approximate surface area is 72.3 Å². The van der Waals surface area contributed by atoms with Gasteiger partial charge in [-0.25, -0.2) is 0 Å². The average molecular weight is 216 g/mol. The van der Waals surface area contributed by atoms with Crippen LogP contribution in [0.15, 0.2) is 18.5 Å². The Hall–Kier alpha value is -0.460. The van der Waals surface area contributed by atoms with Crippen molar-refractivity contribution in [3.05, 3.63) is 18.5 Å². The molecule has 0 saturated carbocycles. The highest BCUT2D eigenvalue weighted by molar-refractivity contribution is 8.31. The number of rotatable bonds is 0. The van der Waals surface area contributed by atoms with Crippen LogP contribution in [0.1, 0.15) is 0 Å². The Bertz CT molecular complexity index is 241. The second-order valence-electron chi connectivity index (χ2n) is 1.19. The summed E-state index contributed by atoms with van der Waals surface area (Å²) in [5, 5.41) is 10.1. The van der Waals surface area contributed by atoms with E-state index in [2.05, 4.69) is 36.8 Å². The van der Waals surface area contributed by atoms with Crippen LogP contribution >= 0.6 is 21.4 Å². The number of halogens is 2. The minimum absolute atomic E-state index is 1.58. The van der Waals surface area contributed by atoms with Gasteiger partial charge in [0.05, 0.1) is 12.4 Å². The molecule has 0 bridgehead atoms. The Balaban J connectivity index is 0.000000187. The van der Waals surface area contributed by atoms with Crippen molar-refractivity contribution in [3.63, 3.8) is 0 Å². The van der Waals surface area contributed by atoms with Gasteiger partial charge in [0.1, 0.15) is 0 Å². The molecule has 0 aliphatic carbocycles. The molecule has 0 unspecified atom stereocenters. The molecule has 0 saturated heterocycles. The van der Waals surface area contributed by atoms with Crippen LogP contribution in [0.4, 0.5) is 0 Å². The summed E-state index contributed by atoms with van der Waals surface area (Å²) < 4.78 is 18.3. The quantitative estimate of drug-likeness (QED) is 0.593. The van der Waals surface area contributed by atoms with Crippen LogP contribution in [0.3, 0.4) is 0 Å². The van der Waals surface area contributed by atoms with Crippen LogP contribution in [0, 0.1) is 0 Å². The van der Waals surface area contributed by atoms with Gasteiger partial charge in [-0.3, -0.25) is 0 Å². The lowest BCUT2D eigenvalue weighted by molar-refractivity contribution is 0.621. The smallest absolute Gasteiger partial charge is 0.195 e. The third-order valence-corrected chi connectivity index (χ3v) is 0.409. The van der Waals surface area contributed by atoms with Crippen molar-refractivity contribution in [3.8, 4) is 0 Å². The maximum Gasteiger partial charge on any atom is 0.317 e. The summed E-state index contributed by atoms with van der Waals surface area (Å²) in [6.45, 7) is 0. The van der Waals surface area contributed by atoms with E-state index in [4.69, 9.17) is 8.42 Å². The van der Waals surface area contributed by atoms with Crippen LogP contribution in [-0.4, -0.2) is 23.8 Å². The molecule has 62 valence electrons. The van der Waals surface area contributed by atoms with Crippen molar-refractivity contribution >= 4 is 29.6 Å². The predicted octanol–water partition coefficient (Wildman–Crippen LogP) is 0.580. The van der Waals surface area contributed by atoms with Crippen molar-refractivity contribution in [2.45, 2.75) is 0 Å². The first-order valence-electron chi connectivity index (χ1n) is 2.23. The zero-order valence-corrected chi connectivity index (χ0v) is 7.38. The molecule has 0 N–H and O–H groups in total. The topological polar surface area (TPSA) is 72.8 Å². The summed E-state index contributed by atoms with van der Waals surface area (Å²) in [5.74, 6) is 0. The third kappa shape index (κ3) is 17.7. The lowest BCUT2D eigenvalue weighted by Crippen LogP contribution is -1.78. The van der Waals surface area contributed by atoms with Gasteiger partial charge in [0, 0.05) is 21.4 Å².